The molecule has 0 bridgehead atoms. The molecule has 0 aromatic carbocycles. The Labute approximate surface area is 127 Å². The summed E-state index contributed by atoms with van der Waals surface area (Å²) in [7, 11) is 0. The first-order chi connectivity index (χ1) is 10.7. The molecule has 1 N–H and O–H groups in total. The van der Waals surface area contributed by atoms with Gasteiger partial charge < -0.3 is 14.4 Å². The molecule has 0 fully saturated rings. The molecule has 2 aromatic rings. The number of fused-ring (bicyclic) bond motifs is 3. The van der Waals surface area contributed by atoms with Crippen LogP contribution in [0.4, 0.5) is 17.6 Å². The summed E-state index contributed by atoms with van der Waals surface area (Å²) in [6.45, 7) is 1.43. The van der Waals surface area contributed by atoms with E-state index in [1.54, 1.807) is 6.92 Å². The quantitative estimate of drug-likeness (QED) is 0.873. The van der Waals surface area contributed by atoms with Crippen LogP contribution in [0, 0.1) is 0 Å². The van der Waals surface area contributed by atoms with Crippen LogP contribution < -0.4 is 4.74 Å². The molecule has 1 aliphatic rings. The van der Waals surface area contributed by atoms with Crippen molar-refractivity contribution in [1.82, 2.24) is 14.9 Å². The molecule has 0 radical (unpaired) electrons. The van der Waals surface area contributed by atoms with Gasteiger partial charge in [-0.25, -0.2) is 4.39 Å². The van der Waals surface area contributed by atoms with Crippen LogP contribution >= 0.6 is 0 Å². The van der Waals surface area contributed by atoms with Crippen LogP contribution in [0.2, 0.25) is 0 Å². The van der Waals surface area contributed by atoms with Crippen LogP contribution in [-0.2, 0) is 12.1 Å². The molecule has 6 nitrogen and oxygen atoms in total. The SMILES string of the molecule is C[C@H]1Cn2nc(OCF)cc2-c2onc([C@@](C)(O)C(F)(F)F)c21. The van der Waals surface area contributed by atoms with Crippen molar-refractivity contribution in [2.45, 2.75) is 38.1 Å². The van der Waals surface area contributed by atoms with Gasteiger partial charge in [0.25, 0.3) is 0 Å². The maximum atomic E-state index is 13.1. The molecule has 23 heavy (non-hydrogen) atoms. The second kappa shape index (κ2) is 4.95. The van der Waals surface area contributed by atoms with Crippen LogP contribution in [0.15, 0.2) is 10.6 Å². The third-order valence-electron chi connectivity index (χ3n) is 3.87. The summed E-state index contributed by atoms with van der Waals surface area (Å²) in [5.74, 6) is -0.390. The highest BCUT2D eigenvalue weighted by Gasteiger charge is 2.55. The maximum Gasteiger partial charge on any atom is 0.422 e. The molecule has 2 atom stereocenters. The Morgan fingerprint density at radius 2 is 2.17 bits per heavy atom. The zero-order valence-corrected chi connectivity index (χ0v) is 12.2. The lowest BCUT2D eigenvalue weighted by Gasteiger charge is -2.27. The highest BCUT2D eigenvalue weighted by atomic mass is 19.4. The van der Waals surface area contributed by atoms with Gasteiger partial charge in [-0.1, -0.05) is 12.1 Å². The lowest BCUT2D eigenvalue weighted by molar-refractivity contribution is -0.261. The van der Waals surface area contributed by atoms with Gasteiger partial charge in [0, 0.05) is 24.1 Å². The fourth-order valence-electron chi connectivity index (χ4n) is 2.62. The summed E-state index contributed by atoms with van der Waals surface area (Å²) < 4.78 is 62.6. The van der Waals surface area contributed by atoms with Crippen LogP contribution in [-0.4, -0.2) is 33.1 Å². The van der Waals surface area contributed by atoms with Gasteiger partial charge in [-0.3, -0.25) is 4.68 Å². The van der Waals surface area contributed by atoms with E-state index in [1.165, 1.54) is 10.7 Å². The van der Waals surface area contributed by atoms with Gasteiger partial charge in [0.2, 0.25) is 18.3 Å². The van der Waals surface area contributed by atoms with Crippen LogP contribution in [0.25, 0.3) is 11.5 Å². The van der Waals surface area contributed by atoms with Gasteiger partial charge in [-0.2, -0.15) is 13.2 Å². The second-order valence-corrected chi connectivity index (χ2v) is 5.55. The molecule has 0 spiro atoms. The third kappa shape index (κ3) is 2.28. The monoisotopic (exact) mass is 335 g/mol. The summed E-state index contributed by atoms with van der Waals surface area (Å²) in [5, 5.41) is 17.3. The van der Waals surface area contributed by atoms with E-state index in [-0.39, 0.29) is 23.7 Å². The van der Waals surface area contributed by atoms with Crippen molar-refractivity contribution in [1.29, 1.82) is 0 Å². The number of alkyl halides is 4. The highest BCUT2D eigenvalue weighted by molar-refractivity contribution is 5.63. The Morgan fingerprint density at radius 3 is 2.78 bits per heavy atom. The lowest BCUT2D eigenvalue weighted by Crippen LogP contribution is -2.40. The number of hydrogen-bond acceptors (Lipinski definition) is 5. The topological polar surface area (TPSA) is 73.3 Å². The van der Waals surface area contributed by atoms with Crippen molar-refractivity contribution in [3.8, 4) is 17.3 Å². The fraction of sp³-hybridized carbons (Fsp3) is 0.538. The van der Waals surface area contributed by atoms with E-state index in [0.717, 1.165) is 0 Å². The van der Waals surface area contributed by atoms with Gasteiger partial charge in [-0.05, 0) is 6.92 Å². The summed E-state index contributed by atoms with van der Waals surface area (Å²) in [6, 6.07) is 1.35. The van der Waals surface area contributed by atoms with Crippen molar-refractivity contribution in [2.24, 2.45) is 0 Å². The molecule has 0 saturated carbocycles. The fourth-order valence-corrected chi connectivity index (χ4v) is 2.62. The van der Waals surface area contributed by atoms with Gasteiger partial charge in [0.05, 0.1) is 0 Å². The number of halogens is 4. The van der Waals surface area contributed by atoms with E-state index in [4.69, 9.17) is 4.52 Å². The van der Waals surface area contributed by atoms with Gasteiger partial charge in [-0.15, -0.1) is 5.10 Å². The van der Waals surface area contributed by atoms with Crippen LogP contribution in [0.1, 0.15) is 31.0 Å². The molecule has 2 aromatic heterocycles. The summed E-state index contributed by atoms with van der Waals surface area (Å²) in [5.41, 5.74) is -3.24. The lowest BCUT2D eigenvalue weighted by atomic mass is 9.88. The Kier molecular flexibility index (Phi) is 3.40. The number of ether oxygens (including phenoxy) is 1. The van der Waals surface area contributed by atoms with Gasteiger partial charge in [0.15, 0.2) is 5.76 Å². The maximum absolute atomic E-state index is 13.1. The predicted octanol–water partition coefficient (Wildman–Crippen LogP) is 2.73. The largest absolute Gasteiger partial charge is 0.445 e. The number of nitrogens with zero attached hydrogens (tertiary/aromatic N) is 3. The normalized spacial score (nSPS) is 19.9. The van der Waals surface area contributed by atoms with Crippen molar-refractivity contribution in [2.75, 3.05) is 6.86 Å². The number of rotatable bonds is 3. The first-order valence-corrected chi connectivity index (χ1v) is 6.73. The second-order valence-electron chi connectivity index (χ2n) is 5.55. The minimum Gasteiger partial charge on any atom is -0.445 e. The van der Waals surface area contributed by atoms with E-state index >= 15 is 0 Å². The van der Waals surface area contributed by atoms with Crippen LogP contribution in [0.5, 0.6) is 5.88 Å². The summed E-state index contributed by atoms with van der Waals surface area (Å²) in [4.78, 5) is 0. The third-order valence-corrected chi connectivity index (χ3v) is 3.87. The van der Waals surface area contributed by atoms with E-state index < -0.39 is 30.2 Å². The Morgan fingerprint density at radius 1 is 1.48 bits per heavy atom. The molecule has 3 rings (SSSR count). The van der Waals surface area contributed by atoms with E-state index in [0.29, 0.717) is 12.6 Å². The minimum atomic E-state index is -4.91. The molecule has 1 aliphatic heterocycles. The molecule has 126 valence electrons. The van der Waals surface area contributed by atoms with Gasteiger partial charge >= 0.3 is 6.18 Å². The molecule has 10 heteroatoms. The minimum absolute atomic E-state index is 0.0110. The Bertz CT molecular complexity index is 735. The summed E-state index contributed by atoms with van der Waals surface area (Å²) >= 11 is 0. The molecule has 3 heterocycles. The average molecular weight is 335 g/mol. The molecule has 0 amide bonds. The molecular weight excluding hydrogens is 322 g/mol. The van der Waals surface area contributed by atoms with Crippen molar-refractivity contribution >= 4 is 0 Å². The number of aromatic nitrogens is 3. The van der Waals surface area contributed by atoms with Crippen molar-refractivity contribution < 1.29 is 31.9 Å². The van der Waals surface area contributed by atoms with Crippen molar-refractivity contribution in [3.63, 3.8) is 0 Å². The van der Waals surface area contributed by atoms with Gasteiger partial charge in [0.1, 0.15) is 11.4 Å². The number of aliphatic hydroxyl groups is 1. The molecule has 0 aliphatic carbocycles. The van der Waals surface area contributed by atoms with Crippen molar-refractivity contribution in [3.05, 3.63) is 17.3 Å². The highest BCUT2D eigenvalue weighted by Crippen LogP contribution is 2.46. The Hall–Kier alpha value is -2.10. The number of hydrogen-bond donors (Lipinski definition) is 1. The predicted molar refractivity (Wildman–Crippen MR) is 68.4 cm³/mol. The molecular formula is C13H13F4N3O3. The smallest absolute Gasteiger partial charge is 0.422 e. The van der Waals surface area contributed by atoms with E-state index in [1.807, 2.05) is 0 Å². The zero-order valence-electron chi connectivity index (χ0n) is 12.2. The standard InChI is InChI=1S/C13H13F4N3O3/c1-6-4-20-7(3-8(18-20)22-5-14)10-9(6)11(19-23-10)12(2,21)13(15,16)17/h3,6,21H,4-5H2,1-2H3/t6-,12+/m0/s1. The van der Waals surface area contributed by atoms with Crippen LogP contribution in [0.3, 0.4) is 0 Å². The molecule has 0 saturated heterocycles. The van der Waals surface area contributed by atoms with E-state index in [2.05, 4.69) is 15.0 Å². The molecule has 0 unspecified atom stereocenters. The first-order valence-electron chi connectivity index (χ1n) is 6.73. The zero-order chi connectivity index (χ0) is 17.0. The average Bonchev–Trinajstić information content (AvgIpc) is 3.01. The summed E-state index contributed by atoms with van der Waals surface area (Å²) in [6.07, 6.45) is -4.91. The Balaban J connectivity index is 2.13. The van der Waals surface area contributed by atoms with E-state index in [9.17, 15) is 22.7 Å². The first kappa shape index (κ1) is 15.8.